The number of rotatable bonds is 11. The number of aryl methyl sites for hydroxylation is 1. The first kappa shape index (κ1) is 26.7. The molecule has 9 heteroatoms. The number of nitrogen functional groups attached to an aromatic ring is 1. The number of aldehydes is 1. The summed E-state index contributed by atoms with van der Waals surface area (Å²) in [5.41, 5.74) is 10.00. The van der Waals surface area contributed by atoms with Gasteiger partial charge in [-0.3, -0.25) is 20.0 Å². The summed E-state index contributed by atoms with van der Waals surface area (Å²) in [4.78, 5) is 28.7. The average Bonchev–Trinajstić information content (AvgIpc) is 2.82. The summed E-state index contributed by atoms with van der Waals surface area (Å²) in [7, 11) is 0. The van der Waals surface area contributed by atoms with Gasteiger partial charge < -0.3 is 21.1 Å². The highest BCUT2D eigenvalue weighted by molar-refractivity contribution is 6.31. The quantitative estimate of drug-likeness (QED) is 0.165. The first-order valence-corrected chi connectivity index (χ1v) is 11.9. The molecule has 3 rings (SSSR count). The molecule has 0 fully saturated rings. The van der Waals surface area contributed by atoms with Crippen LogP contribution in [0.4, 0.5) is 11.4 Å². The van der Waals surface area contributed by atoms with Gasteiger partial charge in [-0.15, -0.1) is 0 Å². The first-order valence-electron chi connectivity index (χ1n) is 11.5. The molecule has 2 aromatic carbocycles. The number of aromatic nitrogens is 1. The van der Waals surface area contributed by atoms with Gasteiger partial charge in [0.25, 0.3) is 5.91 Å². The normalized spacial score (nSPS) is 10.7. The lowest BCUT2D eigenvalue weighted by Crippen LogP contribution is -2.16. The number of hydrogen-bond donors (Lipinski definition) is 4. The molecule has 0 aliphatic rings. The van der Waals surface area contributed by atoms with Gasteiger partial charge in [-0.05, 0) is 73.4 Å². The van der Waals surface area contributed by atoms with Gasteiger partial charge in [0.05, 0.1) is 12.1 Å². The number of carbonyl (C=O) groups excluding carboxylic acids is 2. The Hall–Kier alpha value is -3.91. The number of benzene rings is 2. The van der Waals surface area contributed by atoms with E-state index in [1.807, 2.05) is 13.0 Å². The molecule has 36 heavy (non-hydrogen) atoms. The largest absolute Gasteiger partial charge is 0.484 e. The number of amides is 1. The van der Waals surface area contributed by atoms with E-state index in [1.165, 1.54) is 0 Å². The van der Waals surface area contributed by atoms with Crippen LogP contribution < -0.4 is 21.1 Å². The second-order valence-electron chi connectivity index (χ2n) is 8.76. The molecule has 0 saturated carbocycles. The monoisotopic (exact) mass is 507 g/mol. The predicted molar refractivity (Wildman–Crippen MR) is 143 cm³/mol. The Labute approximate surface area is 215 Å². The van der Waals surface area contributed by atoms with E-state index in [2.05, 4.69) is 29.5 Å². The molecule has 3 aromatic rings. The van der Waals surface area contributed by atoms with Gasteiger partial charge >= 0.3 is 0 Å². The van der Waals surface area contributed by atoms with Gasteiger partial charge in [0.2, 0.25) is 0 Å². The van der Waals surface area contributed by atoms with Crippen molar-refractivity contribution < 1.29 is 14.3 Å². The van der Waals surface area contributed by atoms with Crippen molar-refractivity contribution in [2.45, 2.75) is 33.7 Å². The number of nitrogens with one attached hydrogen (secondary N) is 3. The fourth-order valence-electron chi connectivity index (χ4n) is 3.77. The third kappa shape index (κ3) is 7.05. The van der Waals surface area contributed by atoms with Crippen LogP contribution in [-0.4, -0.2) is 29.6 Å². The van der Waals surface area contributed by atoms with E-state index < -0.39 is 0 Å². The molecule has 0 aliphatic heterocycles. The van der Waals surface area contributed by atoms with Crippen LogP contribution in [0.2, 0.25) is 5.02 Å². The van der Waals surface area contributed by atoms with Gasteiger partial charge in [0, 0.05) is 27.7 Å². The maximum Gasteiger partial charge on any atom is 0.257 e. The van der Waals surface area contributed by atoms with E-state index in [1.54, 1.807) is 42.5 Å². The number of nitrogens with two attached hydrogens (primary N) is 1. The number of hydrogen-bond acceptors (Lipinski definition) is 6. The predicted octanol–water partition coefficient (Wildman–Crippen LogP) is 4.97. The van der Waals surface area contributed by atoms with Gasteiger partial charge in [0.1, 0.15) is 23.9 Å². The number of amidine groups is 1. The van der Waals surface area contributed by atoms with Gasteiger partial charge in [-0.1, -0.05) is 25.4 Å². The van der Waals surface area contributed by atoms with Crippen molar-refractivity contribution in [1.29, 1.82) is 5.41 Å². The summed E-state index contributed by atoms with van der Waals surface area (Å²) in [5, 5.41) is 14.0. The van der Waals surface area contributed by atoms with Crippen molar-refractivity contribution in [2.24, 2.45) is 11.7 Å². The van der Waals surface area contributed by atoms with E-state index in [-0.39, 0.29) is 24.9 Å². The molecule has 0 atom stereocenters. The summed E-state index contributed by atoms with van der Waals surface area (Å²) < 4.78 is 5.77. The second kappa shape index (κ2) is 12.2. The molecule has 0 spiro atoms. The zero-order chi connectivity index (χ0) is 26.2. The number of ether oxygens (including phenoxy) is 1. The summed E-state index contributed by atoms with van der Waals surface area (Å²) in [6.07, 6.45) is 1.49. The van der Waals surface area contributed by atoms with E-state index in [9.17, 15) is 9.59 Å². The molecule has 1 amide bonds. The van der Waals surface area contributed by atoms with Crippen LogP contribution in [0.5, 0.6) is 5.75 Å². The molecule has 0 radical (unpaired) electrons. The van der Waals surface area contributed by atoms with Crippen molar-refractivity contribution in [3.8, 4) is 5.75 Å². The Morgan fingerprint density at radius 2 is 1.92 bits per heavy atom. The molecule has 0 bridgehead atoms. The maximum atomic E-state index is 13.1. The van der Waals surface area contributed by atoms with E-state index in [0.29, 0.717) is 51.2 Å². The maximum absolute atomic E-state index is 13.1. The zero-order valence-corrected chi connectivity index (χ0v) is 21.3. The summed E-state index contributed by atoms with van der Waals surface area (Å²) in [6.45, 7) is 6.35. The molecule has 8 nitrogen and oxygen atoms in total. The van der Waals surface area contributed by atoms with Crippen molar-refractivity contribution >= 4 is 41.0 Å². The van der Waals surface area contributed by atoms with Crippen LogP contribution in [-0.2, 0) is 17.8 Å². The number of anilines is 2. The Bertz CT molecular complexity index is 1260. The number of carbonyl (C=O) groups is 2. The molecule has 1 heterocycles. The fraction of sp³-hybridized carbons (Fsp3) is 0.259. The SMILES string of the molecule is Cc1cc(CC(C)C)c(OCC=O)c(CNc2ccc(Cl)cc2C(=O)Nc2ccc(C(=N)N)cc2)n1. The van der Waals surface area contributed by atoms with Crippen LogP contribution in [0.1, 0.15) is 46.7 Å². The first-order chi connectivity index (χ1) is 17.2. The smallest absolute Gasteiger partial charge is 0.257 e. The molecule has 0 aliphatic carbocycles. The highest BCUT2D eigenvalue weighted by atomic mass is 35.5. The van der Waals surface area contributed by atoms with Gasteiger partial charge in [-0.2, -0.15) is 0 Å². The topological polar surface area (TPSA) is 130 Å². The lowest BCUT2D eigenvalue weighted by atomic mass is 10.0. The van der Waals surface area contributed by atoms with Crippen LogP contribution >= 0.6 is 11.6 Å². The Morgan fingerprint density at radius 1 is 1.19 bits per heavy atom. The van der Waals surface area contributed by atoms with Crippen LogP contribution in [0.15, 0.2) is 48.5 Å². The minimum atomic E-state index is -0.356. The molecule has 188 valence electrons. The number of nitrogens with zero attached hydrogens (tertiary/aromatic N) is 1. The summed E-state index contributed by atoms with van der Waals surface area (Å²) in [6, 6.07) is 13.7. The summed E-state index contributed by atoms with van der Waals surface area (Å²) in [5.74, 6) is 0.569. The summed E-state index contributed by atoms with van der Waals surface area (Å²) >= 11 is 6.20. The highest BCUT2D eigenvalue weighted by Gasteiger charge is 2.17. The molecular weight excluding hydrogens is 478 g/mol. The van der Waals surface area contributed by atoms with Gasteiger partial charge in [0.15, 0.2) is 6.29 Å². The van der Waals surface area contributed by atoms with E-state index in [0.717, 1.165) is 17.7 Å². The minimum Gasteiger partial charge on any atom is -0.484 e. The Kier molecular flexibility index (Phi) is 9.02. The van der Waals surface area contributed by atoms with Crippen LogP contribution in [0, 0.1) is 18.3 Å². The van der Waals surface area contributed by atoms with Crippen molar-refractivity contribution in [3.63, 3.8) is 0 Å². The highest BCUT2D eigenvalue weighted by Crippen LogP contribution is 2.28. The zero-order valence-electron chi connectivity index (χ0n) is 20.5. The van der Waals surface area contributed by atoms with E-state index in [4.69, 9.17) is 27.5 Å². The number of pyridine rings is 1. The van der Waals surface area contributed by atoms with Crippen molar-refractivity contribution in [3.05, 3.63) is 81.6 Å². The molecule has 5 N–H and O–H groups in total. The number of halogens is 1. The fourth-order valence-corrected chi connectivity index (χ4v) is 3.94. The van der Waals surface area contributed by atoms with Crippen molar-refractivity contribution in [1.82, 2.24) is 4.98 Å². The Balaban J connectivity index is 1.86. The third-order valence-electron chi connectivity index (χ3n) is 5.30. The molecule has 0 saturated heterocycles. The minimum absolute atomic E-state index is 0.0491. The third-order valence-corrected chi connectivity index (χ3v) is 5.53. The lowest BCUT2D eigenvalue weighted by Gasteiger charge is -2.18. The molecule has 1 aromatic heterocycles. The average molecular weight is 508 g/mol. The second-order valence-corrected chi connectivity index (χ2v) is 9.20. The molecular formula is C27H30ClN5O3. The van der Waals surface area contributed by atoms with Crippen LogP contribution in [0.25, 0.3) is 0 Å². The van der Waals surface area contributed by atoms with Crippen molar-refractivity contribution in [2.75, 3.05) is 17.2 Å². The van der Waals surface area contributed by atoms with Gasteiger partial charge in [-0.25, -0.2) is 0 Å². The van der Waals surface area contributed by atoms with Crippen LogP contribution in [0.3, 0.4) is 0 Å². The lowest BCUT2D eigenvalue weighted by molar-refractivity contribution is -0.109. The Morgan fingerprint density at radius 3 is 2.56 bits per heavy atom. The standard InChI is InChI=1S/C27H30ClN5O3/c1-16(2)12-19-13-17(3)32-24(25(19)36-11-10-34)15-31-23-9-6-20(28)14-22(23)27(35)33-21-7-4-18(5-8-21)26(29)30/h4-10,13-14,16,31H,11-12,15H2,1-3H3,(H3,29,30)(H,33,35). The molecule has 0 unspecified atom stereocenters. The van der Waals surface area contributed by atoms with E-state index >= 15 is 0 Å².